The van der Waals surface area contributed by atoms with E-state index in [0.717, 1.165) is 23.7 Å². The second-order valence-electron chi connectivity index (χ2n) is 6.99. The quantitative estimate of drug-likeness (QED) is 0.758. The van der Waals surface area contributed by atoms with Crippen molar-refractivity contribution < 1.29 is 9.59 Å². The molecule has 1 aromatic carbocycles. The van der Waals surface area contributed by atoms with E-state index in [0.29, 0.717) is 24.4 Å². The smallest absolute Gasteiger partial charge is 0.255 e. The molecule has 1 fully saturated rings. The van der Waals surface area contributed by atoms with Crippen molar-refractivity contribution in [2.75, 3.05) is 36.8 Å². The molecular weight excluding hydrogens is 372 g/mol. The third-order valence-corrected chi connectivity index (χ3v) is 5.59. The summed E-state index contributed by atoms with van der Waals surface area (Å²) < 4.78 is 0. The molecule has 3 rings (SSSR count). The van der Waals surface area contributed by atoms with Crippen molar-refractivity contribution in [2.45, 2.75) is 24.8 Å². The van der Waals surface area contributed by atoms with Crippen molar-refractivity contribution >= 4 is 29.3 Å². The molecule has 0 radical (unpaired) electrons. The van der Waals surface area contributed by atoms with Crippen LogP contribution in [0.1, 0.15) is 24.2 Å². The predicted octanol–water partition coefficient (Wildman–Crippen LogP) is 2.66. The van der Waals surface area contributed by atoms with Crippen LogP contribution in [0, 0.1) is 0 Å². The Morgan fingerprint density at radius 1 is 1.07 bits per heavy atom. The van der Waals surface area contributed by atoms with Gasteiger partial charge in [-0.1, -0.05) is 12.1 Å². The van der Waals surface area contributed by atoms with Gasteiger partial charge in [0.1, 0.15) is 0 Å². The molecule has 6 nitrogen and oxygen atoms in total. The lowest BCUT2D eigenvalue weighted by Crippen LogP contribution is -2.48. The van der Waals surface area contributed by atoms with Gasteiger partial charge in [0, 0.05) is 55.2 Å². The van der Waals surface area contributed by atoms with Crippen molar-refractivity contribution in [2.24, 2.45) is 0 Å². The highest BCUT2D eigenvalue weighted by Gasteiger charge is 2.24. The number of amides is 2. The summed E-state index contributed by atoms with van der Waals surface area (Å²) in [4.78, 5) is 34.1. The Morgan fingerprint density at radius 2 is 1.75 bits per heavy atom. The van der Waals surface area contributed by atoms with Crippen molar-refractivity contribution in [1.29, 1.82) is 0 Å². The molecule has 1 aliphatic heterocycles. The maximum atomic E-state index is 13.1. The minimum absolute atomic E-state index is 0.0202. The van der Waals surface area contributed by atoms with Crippen LogP contribution in [0.5, 0.6) is 0 Å². The summed E-state index contributed by atoms with van der Waals surface area (Å²) in [5.74, 6) is 0.313. The van der Waals surface area contributed by atoms with Crippen LogP contribution in [0.25, 0.3) is 0 Å². The number of hydrogen-bond donors (Lipinski definition) is 1. The summed E-state index contributed by atoms with van der Waals surface area (Å²) in [5.41, 5.74) is 1.80. The van der Waals surface area contributed by atoms with Crippen LogP contribution in [0.4, 0.5) is 5.69 Å². The van der Waals surface area contributed by atoms with E-state index in [4.69, 9.17) is 0 Å². The summed E-state index contributed by atoms with van der Waals surface area (Å²) in [7, 11) is 0. The Bertz CT molecular complexity index is 805. The molecular formula is C21H26N4O2S. The molecule has 0 bridgehead atoms. The van der Waals surface area contributed by atoms with Gasteiger partial charge < -0.3 is 15.1 Å². The number of benzene rings is 1. The Morgan fingerprint density at radius 3 is 2.43 bits per heavy atom. The molecule has 2 amide bonds. The molecule has 2 aromatic rings. The normalized spacial score (nSPS) is 14.2. The van der Waals surface area contributed by atoms with Crippen LogP contribution in [-0.4, -0.2) is 59.7 Å². The lowest BCUT2D eigenvalue weighted by Gasteiger charge is -2.36. The van der Waals surface area contributed by atoms with E-state index >= 15 is 0 Å². The lowest BCUT2D eigenvalue weighted by atomic mass is 10.1. The Balaban J connectivity index is 1.61. The summed E-state index contributed by atoms with van der Waals surface area (Å²) in [6.45, 7) is 6.81. The summed E-state index contributed by atoms with van der Waals surface area (Å²) >= 11 is 1.41. The van der Waals surface area contributed by atoms with Crippen molar-refractivity contribution in [3.63, 3.8) is 0 Å². The fraction of sp³-hybridized carbons (Fsp3) is 0.381. The number of thioether (sulfide) groups is 1. The molecule has 1 aliphatic rings. The SMILES string of the molecule is CC(C)NC(=O)CSc1ccccc1C(=O)N1CCN(c2ccncc2)CC1. The number of nitrogens with zero attached hydrogens (tertiary/aromatic N) is 3. The van der Waals surface area contributed by atoms with Gasteiger partial charge in [0.2, 0.25) is 5.91 Å². The minimum atomic E-state index is -0.0202. The molecule has 0 unspecified atom stereocenters. The van der Waals surface area contributed by atoms with E-state index < -0.39 is 0 Å². The molecule has 0 atom stereocenters. The molecule has 2 heterocycles. The zero-order valence-corrected chi connectivity index (χ0v) is 17.1. The molecule has 0 aliphatic carbocycles. The zero-order valence-electron chi connectivity index (χ0n) is 16.3. The second kappa shape index (κ2) is 9.59. The molecule has 1 aromatic heterocycles. The molecule has 7 heteroatoms. The predicted molar refractivity (Wildman–Crippen MR) is 113 cm³/mol. The summed E-state index contributed by atoms with van der Waals surface area (Å²) in [6, 6.07) is 11.6. The van der Waals surface area contributed by atoms with E-state index in [-0.39, 0.29) is 17.9 Å². The Hall–Kier alpha value is -2.54. The number of aromatic nitrogens is 1. The largest absolute Gasteiger partial charge is 0.368 e. The fourth-order valence-corrected chi connectivity index (χ4v) is 4.02. The second-order valence-corrected chi connectivity index (χ2v) is 8.01. The lowest BCUT2D eigenvalue weighted by molar-refractivity contribution is -0.119. The first-order valence-electron chi connectivity index (χ1n) is 9.50. The van der Waals surface area contributed by atoms with Gasteiger partial charge in [-0.05, 0) is 38.1 Å². The number of anilines is 1. The first-order valence-corrected chi connectivity index (χ1v) is 10.5. The van der Waals surface area contributed by atoms with Gasteiger partial charge in [0.15, 0.2) is 0 Å². The average Bonchev–Trinajstić information content (AvgIpc) is 2.72. The van der Waals surface area contributed by atoms with E-state index in [1.54, 1.807) is 12.4 Å². The number of carbonyl (C=O) groups excluding carboxylic acids is 2. The van der Waals surface area contributed by atoms with Gasteiger partial charge in [0.05, 0.1) is 11.3 Å². The highest BCUT2D eigenvalue weighted by molar-refractivity contribution is 8.00. The first kappa shape index (κ1) is 20.2. The van der Waals surface area contributed by atoms with Gasteiger partial charge in [-0.15, -0.1) is 11.8 Å². The van der Waals surface area contributed by atoms with Crippen LogP contribution in [0.2, 0.25) is 0 Å². The van der Waals surface area contributed by atoms with Crippen molar-refractivity contribution in [3.8, 4) is 0 Å². The van der Waals surface area contributed by atoms with E-state index in [1.807, 2.05) is 55.1 Å². The van der Waals surface area contributed by atoms with Crippen LogP contribution >= 0.6 is 11.8 Å². The van der Waals surface area contributed by atoms with Gasteiger partial charge in [-0.25, -0.2) is 0 Å². The van der Waals surface area contributed by atoms with Gasteiger partial charge >= 0.3 is 0 Å². The van der Waals surface area contributed by atoms with Crippen molar-refractivity contribution in [1.82, 2.24) is 15.2 Å². The molecule has 148 valence electrons. The molecule has 1 N–H and O–H groups in total. The monoisotopic (exact) mass is 398 g/mol. The number of piperazine rings is 1. The van der Waals surface area contributed by atoms with E-state index in [9.17, 15) is 9.59 Å². The minimum Gasteiger partial charge on any atom is -0.368 e. The van der Waals surface area contributed by atoms with E-state index in [2.05, 4.69) is 15.2 Å². The number of rotatable bonds is 6. The summed E-state index contributed by atoms with van der Waals surface area (Å²) in [6.07, 6.45) is 3.57. The molecule has 0 spiro atoms. The van der Waals surface area contributed by atoms with Crippen LogP contribution < -0.4 is 10.2 Å². The summed E-state index contributed by atoms with van der Waals surface area (Å²) in [5, 5.41) is 2.88. The van der Waals surface area contributed by atoms with Crippen LogP contribution in [0.3, 0.4) is 0 Å². The number of carbonyl (C=O) groups is 2. The average molecular weight is 399 g/mol. The fourth-order valence-electron chi connectivity index (χ4n) is 3.17. The Kier molecular flexibility index (Phi) is 6.92. The third-order valence-electron chi connectivity index (χ3n) is 4.52. The van der Waals surface area contributed by atoms with Gasteiger partial charge in [0.25, 0.3) is 5.91 Å². The molecule has 0 saturated carbocycles. The Labute approximate surface area is 170 Å². The number of nitrogens with one attached hydrogen (secondary N) is 1. The maximum absolute atomic E-state index is 13.1. The van der Waals surface area contributed by atoms with Gasteiger partial charge in [-0.2, -0.15) is 0 Å². The molecule has 1 saturated heterocycles. The van der Waals surface area contributed by atoms with Crippen LogP contribution in [0.15, 0.2) is 53.7 Å². The highest BCUT2D eigenvalue weighted by Crippen LogP contribution is 2.25. The van der Waals surface area contributed by atoms with E-state index in [1.165, 1.54) is 11.8 Å². The number of hydrogen-bond acceptors (Lipinski definition) is 5. The third kappa shape index (κ3) is 5.25. The zero-order chi connectivity index (χ0) is 19.9. The molecule has 28 heavy (non-hydrogen) atoms. The highest BCUT2D eigenvalue weighted by atomic mass is 32.2. The van der Waals surface area contributed by atoms with Gasteiger partial charge in [-0.3, -0.25) is 14.6 Å². The first-order chi connectivity index (χ1) is 13.5. The van der Waals surface area contributed by atoms with Crippen LogP contribution in [-0.2, 0) is 4.79 Å². The maximum Gasteiger partial charge on any atom is 0.255 e. The topological polar surface area (TPSA) is 65.5 Å². The standard InChI is InChI=1S/C21H26N4O2S/c1-16(2)23-20(26)15-28-19-6-4-3-5-18(19)21(27)25-13-11-24(12-14-25)17-7-9-22-10-8-17/h3-10,16H,11-15H2,1-2H3,(H,23,26). The van der Waals surface area contributed by atoms with Crippen molar-refractivity contribution in [3.05, 3.63) is 54.4 Å². The number of pyridine rings is 1.